The van der Waals surface area contributed by atoms with Crippen LogP contribution in [0.25, 0.3) is 0 Å². The number of rotatable bonds is 4. The number of halogens is 3. The Kier molecular flexibility index (Phi) is 4.44. The molecule has 0 heterocycles. The number of hydrogen-bond acceptors (Lipinski definition) is 3. The molecule has 0 aliphatic heterocycles. The summed E-state index contributed by atoms with van der Waals surface area (Å²) in [6.45, 7) is 0. The number of thioether (sulfide) groups is 1. The van der Waals surface area contributed by atoms with Crippen LogP contribution in [0.5, 0.6) is 0 Å². The number of para-hydroxylation sites is 1. The average Bonchev–Trinajstić information content (AvgIpc) is 2.45. The summed E-state index contributed by atoms with van der Waals surface area (Å²) < 4.78 is 39.4. The summed E-state index contributed by atoms with van der Waals surface area (Å²) >= 11 is 1.47. The largest absolute Gasteiger partial charge is 0.503 e. The van der Waals surface area contributed by atoms with Crippen molar-refractivity contribution in [3.63, 3.8) is 0 Å². The molecule has 0 saturated carbocycles. The van der Waals surface area contributed by atoms with Crippen LogP contribution in [0.2, 0.25) is 0 Å². The lowest BCUT2D eigenvalue weighted by molar-refractivity contribution is -0.125. The molecule has 6 heteroatoms. The van der Waals surface area contributed by atoms with E-state index in [9.17, 15) is 13.2 Å². The number of hydrogen-bond donors (Lipinski definition) is 1. The van der Waals surface area contributed by atoms with Gasteiger partial charge in [-0.2, -0.15) is 5.01 Å². The Balaban J connectivity index is 2.29. The van der Waals surface area contributed by atoms with E-state index in [0.717, 1.165) is 4.90 Å². The van der Waals surface area contributed by atoms with Crippen molar-refractivity contribution in [2.24, 2.45) is 0 Å². The zero-order chi connectivity index (χ0) is 14.6. The van der Waals surface area contributed by atoms with Crippen molar-refractivity contribution in [1.29, 1.82) is 0 Å². The summed E-state index contributed by atoms with van der Waals surface area (Å²) in [7, 11) is 0. The molecule has 0 bridgehead atoms. The highest BCUT2D eigenvalue weighted by Crippen LogP contribution is 2.29. The van der Waals surface area contributed by atoms with Crippen molar-refractivity contribution in [2.45, 2.75) is 11.2 Å². The Labute approximate surface area is 119 Å². The van der Waals surface area contributed by atoms with E-state index >= 15 is 0 Å². The fourth-order valence-electron chi connectivity index (χ4n) is 1.67. The van der Waals surface area contributed by atoms with Crippen molar-refractivity contribution in [1.82, 2.24) is 0 Å². The fraction of sp³-hybridized carbons (Fsp3) is 0.143. The molecule has 2 aromatic rings. The van der Waals surface area contributed by atoms with Gasteiger partial charge in [0.15, 0.2) is 0 Å². The van der Waals surface area contributed by atoms with Crippen molar-refractivity contribution >= 4 is 23.1 Å². The zero-order valence-electron chi connectivity index (χ0n) is 10.7. The van der Waals surface area contributed by atoms with E-state index in [1.165, 1.54) is 23.9 Å². The molecule has 1 N–H and O–H groups in total. The van der Waals surface area contributed by atoms with Crippen LogP contribution >= 0.6 is 11.8 Å². The van der Waals surface area contributed by atoms with E-state index in [0.29, 0.717) is 5.69 Å². The molecule has 2 nitrogen and oxygen atoms in total. The first kappa shape index (κ1) is 14.6. The van der Waals surface area contributed by atoms with Gasteiger partial charge in [0.05, 0.1) is 11.4 Å². The molecule has 0 aromatic heterocycles. The minimum atomic E-state index is -4.52. The molecule has 106 valence electrons. The molecule has 2 aromatic carbocycles. The van der Waals surface area contributed by atoms with Crippen molar-refractivity contribution in [2.75, 3.05) is 16.7 Å². The first-order valence-corrected chi connectivity index (χ1v) is 7.06. The second-order valence-corrected chi connectivity index (χ2v) is 4.86. The van der Waals surface area contributed by atoms with Gasteiger partial charge in [0.2, 0.25) is 0 Å². The average molecular weight is 298 g/mol. The molecule has 0 aliphatic carbocycles. The molecule has 0 spiro atoms. The van der Waals surface area contributed by atoms with Gasteiger partial charge in [-0.1, -0.05) is 24.3 Å². The smallest absolute Gasteiger partial charge is 0.291 e. The summed E-state index contributed by atoms with van der Waals surface area (Å²) in [5.41, 5.74) is 2.83. The monoisotopic (exact) mass is 298 g/mol. The van der Waals surface area contributed by atoms with Gasteiger partial charge in [-0.05, 0) is 36.6 Å². The lowest BCUT2D eigenvalue weighted by atomic mass is 10.3. The SMILES string of the molecule is CSc1cccc(NN(c2ccccc2)C(F)(F)F)c1. The van der Waals surface area contributed by atoms with Gasteiger partial charge in [0, 0.05) is 4.90 Å². The molecular weight excluding hydrogens is 285 g/mol. The molecule has 0 atom stereocenters. The van der Waals surface area contributed by atoms with Gasteiger partial charge >= 0.3 is 6.30 Å². The summed E-state index contributed by atoms with van der Waals surface area (Å²) in [6, 6.07) is 14.4. The van der Waals surface area contributed by atoms with E-state index in [1.54, 1.807) is 36.4 Å². The van der Waals surface area contributed by atoms with Crippen LogP contribution in [0.3, 0.4) is 0 Å². The third-order valence-electron chi connectivity index (χ3n) is 2.58. The normalized spacial score (nSPS) is 11.2. The maximum atomic E-state index is 13.1. The van der Waals surface area contributed by atoms with Crippen LogP contribution in [0.4, 0.5) is 24.5 Å². The van der Waals surface area contributed by atoms with Crippen LogP contribution in [0.15, 0.2) is 59.5 Å². The Morgan fingerprint density at radius 2 is 1.70 bits per heavy atom. The molecule has 0 fully saturated rings. The summed E-state index contributed by atoms with van der Waals surface area (Å²) in [6.07, 6.45) is -2.64. The van der Waals surface area contributed by atoms with Crippen LogP contribution in [0.1, 0.15) is 0 Å². The van der Waals surface area contributed by atoms with Crippen molar-refractivity contribution in [3.8, 4) is 0 Å². The molecular formula is C14H13F3N2S. The van der Waals surface area contributed by atoms with E-state index in [4.69, 9.17) is 0 Å². The Morgan fingerprint density at radius 1 is 1.00 bits per heavy atom. The Morgan fingerprint density at radius 3 is 2.30 bits per heavy atom. The van der Waals surface area contributed by atoms with Crippen LogP contribution in [-0.4, -0.2) is 12.6 Å². The molecule has 0 amide bonds. The van der Waals surface area contributed by atoms with Crippen LogP contribution in [0, 0.1) is 0 Å². The van der Waals surface area contributed by atoms with Gasteiger partial charge in [-0.3, -0.25) is 5.43 Å². The van der Waals surface area contributed by atoms with E-state index in [-0.39, 0.29) is 10.7 Å². The maximum Gasteiger partial charge on any atom is 0.503 e. The maximum absolute atomic E-state index is 13.1. The Hall–Kier alpha value is -1.82. The summed E-state index contributed by atoms with van der Waals surface area (Å²) in [5.74, 6) is 0. The van der Waals surface area contributed by atoms with E-state index in [2.05, 4.69) is 5.43 Å². The molecule has 0 radical (unpaired) electrons. The molecule has 20 heavy (non-hydrogen) atoms. The topological polar surface area (TPSA) is 15.3 Å². The first-order valence-electron chi connectivity index (χ1n) is 5.83. The number of hydrazine groups is 1. The van der Waals surface area contributed by atoms with Crippen LogP contribution in [-0.2, 0) is 0 Å². The fourth-order valence-corrected chi connectivity index (χ4v) is 2.13. The highest BCUT2D eigenvalue weighted by Gasteiger charge is 2.38. The zero-order valence-corrected chi connectivity index (χ0v) is 11.5. The lowest BCUT2D eigenvalue weighted by Crippen LogP contribution is -2.42. The second-order valence-electron chi connectivity index (χ2n) is 3.98. The lowest BCUT2D eigenvalue weighted by Gasteiger charge is -2.28. The predicted molar refractivity (Wildman–Crippen MR) is 76.8 cm³/mol. The number of alkyl halides is 3. The quantitative estimate of drug-likeness (QED) is 0.497. The molecule has 2 rings (SSSR count). The van der Waals surface area contributed by atoms with Gasteiger partial charge < -0.3 is 0 Å². The number of anilines is 2. The minimum Gasteiger partial charge on any atom is -0.291 e. The van der Waals surface area contributed by atoms with Gasteiger partial charge in [-0.15, -0.1) is 24.9 Å². The number of benzene rings is 2. The molecule has 0 saturated heterocycles. The summed E-state index contributed by atoms with van der Waals surface area (Å²) in [4.78, 5) is 0.894. The minimum absolute atomic E-state index is 0.0366. The number of nitrogens with one attached hydrogen (secondary N) is 1. The second kappa shape index (κ2) is 6.09. The van der Waals surface area contributed by atoms with E-state index < -0.39 is 6.30 Å². The number of nitrogens with zero attached hydrogens (tertiary/aromatic N) is 1. The highest BCUT2D eigenvalue weighted by molar-refractivity contribution is 7.98. The molecule has 0 unspecified atom stereocenters. The standard InChI is InChI=1S/C14H13F3N2S/c1-20-13-9-5-6-11(10-13)18-19(14(15,16)17)12-7-3-2-4-8-12/h2-10,18H,1H3. The first-order chi connectivity index (χ1) is 9.50. The third-order valence-corrected chi connectivity index (χ3v) is 3.30. The van der Waals surface area contributed by atoms with E-state index in [1.807, 2.05) is 12.3 Å². The van der Waals surface area contributed by atoms with Crippen molar-refractivity contribution in [3.05, 3.63) is 54.6 Å². The van der Waals surface area contributed by atoms with Crippen molar-refractivity contribution < 1.29 is 13.2 Å². The third kappa shape index (κ3) is 3.60. The van der Waals surface area contributed by atoms with Gasteiger partial charge in [-0.25, -0.2) is 0 Å². The predicted octanol–water partition coefficient (Wildman–Crippen LogP) is 4.76. The van der Waals surface area contributed by atoms with Gasteiger partial charge in [0.25, 0.3) is 0 Å². The van der Waals surface area contributed by atoms with Crippen LogP contribution < -0.4 is 10.4 Å². The summed E-state index contributed by atoms with van der Waals surface area (Å²) in [5, 5.41) is 0.201. The molecule has 0 aliphatic rings. The Bertz CT molecular complexity index is 558. The highest BCUT2D eigenvalue weighted by atomic mass is 32.2. The van der Waals surface area contributed by atoms with Gasteiger partial charge in [0.1, 0.15) is 0 Å².